The molecule has 0 spiro atoms. The Morgan fingerprint density at radius 1 is 0.854 bits per heavy atom. The topological polar surface area (TPSA) is 154 Å². The van der Waals surface area contributed by atoms with Gasteiger partial charge in [0.2, 0.25) is 21.8 Å². The number of carbonyl (C=O) groups is 2. The maximum atomic E-state index is 14.4. The third-order valence-electron chi connectivity index (χ3n) is 10.5. The molecule has 6 N–H and O–H groups in total. The summed E-state index contributed by atoms with van der Waals surface area (Å²) in [5, 5.41) is 16.0. The molecule has 0 saturated heterocycles. The van der Waals surface area contributed by atoms with Gasteiger partial charge in [-0.1, -0.05) is 99.2 Å². The number of benzene rings is 3. The zero-order valence-corrected chi connectivity index (χ0v) is 29.1. The molecule has 258 valence electrons. The van der Waals surface area contributed by atoms with Crippen molar-refractivity contribution < 1.29 is 18.0 Å². The first-order valence-corrected chi connectivity index (χ1v) is 18.8. The summed E-state index contributed by atoms with van der Waals surface area (Å²) in [7, 11) is -3.72. The maximum absolute atomic E-state index is 14.4. The Balaban J connectivity index is 0.00000451. The molecule has 6 rings (SSSR count). The van der Waals surface area contributed by atoms with Gasteiger partial charge in [0.1, 0.15) is 17.4 Å². The van der Waals surface area contributed by atoms with Crippen molar-refractivity contribution in [1.29, 1.82) is 5.41 Å². The van der Waals surface area contributed by atoms with Crippen molar-refractivity contribution in [2.75, 3.05) is 5.75 Å². The van der Waals surface area contributed by atoms with E-state index in [4.69, 9.17) is 11.1 Å². The Kier molecular flexibility index (Phi) is 11.5. The third-order valence-corrected chi connectivity index (χ3v) is 12.0. The molecule has 0 bridgehead atoms. The van der Waals surface area contributed by atoms with Gasteiger partial charge in [-0.25, -0.2) is 13.1 Å². The number of nitrogens with two attached hydrogens (primary N) is 1. The van der Waals surface area contributed by atoms with Crippen LogP contribution in [0.1, 0.15) is 86.5 Å². The number of nitrogen functional groups attached to an aromatic ring is 1. The summed E-state index contributed by atoms with van der Waals surface area (Å²) in [5.41, 5.74) is 7.75. The van der Waals surface area contributed by atoms with Crippen LogP contribution in [0.3, 0.4) is 0 Å². The van der Waals surface area contributed by atoms with Crippen molar-refractivity contribution >= 4 is 50.9 Å². The number of carbonyl (C=O) groups excluding carboxylic acids is 2. The van der Waals surface area contributed by atoms with Crippen LogP contribution in [-0.4, -0.2) is 43.4 Å². The molecular weight excluding hydrogens is 646 g/mol. The third kappa shape index (κ3) is 8.39. The fourth-order valence-electron chi connectivity index (χ4n) is 7.89. The minimum atomic E-state index is -3.72. The highest BCUT2D eigenvalue weighted by Crippen LogP contribution is 2.35. The SMILES string of the molecule is Cl.N=C(N)c1ccc(CNC(=O)C2(NC(=O)[C@H](NS(=O)(=O)CC3CCCCC3)C3CCCCC3)Cc3cc4ccccc4cc3C2)cc1. The maximum Gasteiger partial charge on any atom is 0.246 e. The van der Waals surface area contributed by atoms with E-state index in [1.54, 1.807) is 12.1 Å². The van der Waals surface area contributed by atoms with Crippen LogP contribution in [0.15, 0.2) is 60.7 Å². The molecule has 0 aromatic heterocycles. The highest BCUT2D eigenvalue weighted by atomic mass is 35.5. The van der Waals surface area contributed by atoms with E-state index in [1.807, 2.05) is 36.4 Å². The Labute approximate surface area is 290 Å². The van der Waals surface area contributed by atoms with E-state index in [0.29, 0.717) is 18.4 Å². The van der Waals surface area contributed by atoms with Crippen molar-refractivity contribution in [3.63, 3.8) is 0 Å². The summed E-state index contributed by atoms with van der Waals surface area (Å²) in [6, 6.07) is 18.4. The normalized spacial score (nSPS) is 18.8. The smallest absolute Gasteiger partial charge is 0.246 e. The molecule has 0 radical (unpaired) electrons. The lowest BCUT2D eigenvalue weighted by Gasteiger charge is -2.35. The minimum absolute atomic E-state index is 0. The Bertz CT molecular complexity index is 1690. The molecule has 0 aliphatic heterocycles. The van der Waals surface area contributed by atoms with E-state index in [-0.39, 0.29) is 48.3 Å². The monoisotopic (exact) mass is 693 g/mol. The molecular formula is C37H48ClN5O4S. The lowest BCUT2D eigenvalue weighted by Crippen LogP contribution is -2.64. The van der Waals surface area contributed by atoms with Crippen LogP contribution in [-0.2, 0) is 39.0 Å². The van der Waals surface area contributed by atoms with Gasteiger partial charge in [0, 0.05) is 24.9 Å². The van der Waals surface area contributed by atoms with Crippen LogP contribution in [0.4, 0.5) is 0 Å². The number of halogens is 1. The average molecular weight is 694 g/mol. The van der Waals surface area contributed by atoms with E-state index >= 15 is 0 Å². The van der Waals surface area contributed by atoms with Crippen LogP contribution in [0.5, 0.6) is 0 Å². The molecule has 3 aliphatic carbocycles. The summed E-state index contributed by atoms with van der Waals surface area (Å²) in [6.07, 6.45) is 10.1. The van der Waals surface area contributed by atoms with E-state index in [0.717, 1.165) is 91.7 Å². The van der Waals surface area contributed by atoms with Crippen LogP contribution >= 0.6 is 12.4 Å². The van der Waals surface area contributed by atoms with Gasteiger partial charge in [-0.2, -0.15) is 0 Å². The molecule has 3 aliphatic rings. The number of sulfonamides is 1. The van der Waals surface area contributed by atoms with Gasteiger partial charge in [-0.05, 0) is 65.0 Å². The van der Waals surface area contributed by atoms with Crippen molar-refractivity contribution in [1.82, 2.24) is 15.4 Å². The number of amidine groups is 1. The van der Waals surface area contributed by atoms with Crippen molar-refractivity contribution in [2.24, 2.45) is 17.6 Å². The molecule has 48 heavy (non-hydrogen) atoms. The Morgan fingerprint density at radius 3 is 1.98 bits per heavy atom. The fraction of sp³-hybridized carbons (Fsp3) is 0.486. The summed E-state index contributed by atoms with van der Waals surface area (Å²) in [6.45, 7) is 0.229. The van der Waals surface area contributed by atoms with E-state index in [2.05, 4.69) is 27.5 Å². The second kappa shape index (κ2) is 15.4. The molecule has 2 saturated carbocycles. The van der Waals surface area contributed by atoms with E-state index < -0.39 is 27.5 Å². The number of fused-ring (bicyclic) bond motifs is 2. The minimum Gasteiger partial charge on any atom is -0.384 e. The highest BCUT2D eigenvalue weighted by molar-refractivity contribution is 7.89. The van der Waals surface area contributed by atoms with Crippen molar-refractivity contribution in [3.8, 4) is 0 Å². The predicted molar refractivity (Wildman–Crippen MR) is 193 cm³/mol. The van der Waals surface area contributed by atoms with Crippen LogP contribution in [0.25, 0.3) is 10.8 Å². The zero-order valence-electron chi connectivity index (χ0n) is 27.4. The van der Waals surface area contributed by atoms with Gasteiger partial charge in [0.05, 0.1) is 5.75 Å². The van der Waals surface area contributed by atoms with Gasteiger partial charge in [-0.3, -0.25) is 15.0 Å². The van der Waals surface area contributed by atoms with Crippen molar-refractivity contribution in [2.45, 2.75) is 95.2 Å². The summed E-state index contributed by atoms with van der Waals surface area (Å²) < 4.78 is 30.0. The first-order chi connectivity index (χ1) is 22.6. The fourth-order valence-corrected chi connectivity index (χ4v) is 9.62. The number of hydrogen-bond donors (Lipinski definition) is 5. The zero-order chi connectivity index (χ0) is 33.0. The number of rotatable bonds is 11. The van der Waals surface area contributed by atoms with Gasteiger partial charge in [-0.15, -0.1) is 12.4 Å². The van der Waals surface area contributed by atoms with Gasteiger partial charge < -0.3 is 16.4 Å². The molecule has 11 heteroatoms. The summed E-state index contributed by atoms with van der Waals surface area (Å²) in [5.74, 6) is -0.750. The predicted octanol–water partition coefficient (Wildman–Crippen LogP) is 5.26. The Hall–Kier alpha value is -3.47. The second-order valence-electron chi connectivity index (χ2n) is 14.0. The summed E-state index contributed by atoms with van der Waals surface area (Å²) in [4.78, 5) is 28.6. The molecule has 9 nitrogen and oxygen atoms in total. The van der Waals surface area contributed by atoms with E-state index in [1.165, 1.54) is 0 Å². The molecule has 0 unspecified atom stereocenters. The molecule has 2 fully saturated rings. The molecule has 2 amide bonds. The number of nitrogens with one attached hydrogen (secondary N) is 4. The first kappa shape index (κ1) is 35.8. The van der Waals surface area contributed by atoms with Crippen LogP contribution in [0, 0.1) is 17.2 Å². The van der Waals surface area contributed by atoms with Crippen LogP contribution in [0.2, 0.25) is 0 Å². The summed E-state index contributed by atoms with van der Waals surface area (Å²) >= 11 is 0. The highest BCUT2D eigenvalue weighted by Gasteiger charge is 2.47. The molecule has 1 atom stereocenters. The quantitative estimate of drug-likeness (QED) is 0.137. The Morgan fingerprint density at radius 2 is 1.42 bits per heavy atom. The first-order valence-electron chi connectivity index (χ1n) is 17.1. The average Bonchev–Trinajstić information content (AvgIpc) is 3.43. The van der Waals surface area contributed by atoms with Gasteiger partial charge in [0.25, 0.3) is 0 Å². The second-order valence-corrected chi connectivity index (χ2v) is 15.8. The van der Waals surface area contributed by atoms with Crippen LogP contribution < -0.4 is 21.1 Å². The van der Waals surface area contributed by atoms with Crippen molar-refractivity contribution in [3.05, 3.63) is 82.9 Å². The standard InChI is InChI=1S/C37H47N5O4S.ClH/c38-34(39)28-17-15-25(16-18-28)23-40-36(44)37(21-31-19-29-13-7-8-14-30(29)20-32(31)22-37)41-35(43)33(27-11-5-2-6-12-27)42-47(45,46)24-26-9-3-1-4-10-26;/h7-8,13-20,26-27,33,42H,1-6,9-12,21-24H2,(H3,38,39)(H,40,44)(H,41,43);1H/t33-;/m1./s1. The lowest BCUT2D eigenvalue weighted by molar-refractivity contribution is -0.135. The van der Waals surface area contributed by atoms with Gasteiger partial charge in [0.15, 0.2) is 0 Å². The molecule has 3 aromatic carbocycles. The molecule has 3 aromatic rings. The number of hydrogen-bond acceptors (Lipinski definition) is 5. The molecule has 0 heterocycles. The number of amides is 2. The van der Waals surface area contributed by atoms with E-state index in [9.17, 15) is 18.0 Å². The lowest BCUT2D eigenvalue weighted by atomic mass is 9.83. The van der Waals surface area contributed by atoms with Gasteiger partial charge >= 0.3 is 0 Å². The largest absolute Gasteiger partial charge is 0.384 e.